The van der Waals surface area contributed by atoms with Gasteiger partial charge in [0.15, 0.2) is 0 Å². The van der Waals surface area contributed by atoms with Crippen LogP contribution in [-0.4, -0.2) is 43.9 Å². The smallest absolute Gasteiger partial charge is 0.213 e. The van der Waals surface area contributed by atoms with Gasteiger partial charge in [-0.3, -0.25) is 9.69 Å². The maximum Gasteiger partial charge on any atom is 0.213 e. The molecular weight excluding hydrogens is 308 g/mol. The number of benzene rings is 1. The minimum absolute atomic E-state index is 0.441. The average molecular weight is 342 g/mol. The van der Waals surface area contributed by atoms with Crippen LogP contribution in [0.4, 0.5) is 5.69 Å². The van der Waals surface area contributed by atoms with Gasteiger partial charge in [0, 0.05) is 31.9 Å². The van der Waals surface area contributed by atoms with Crippen molar-refractivity contribution in [2.24, 2.45) is 11.3 Å². The van der Waals surface area contributed by atoms with Crippen molar-refractivity contribution in [3.63, 3.8) is 0 Å². The minimum atomic E-state index is 0.441. The Bertz CT molecular complexity index is 562. The largest absolute Gasteiger partial charge is 0.369 e. The zero-order chi connectivity index (χ0) is 17.9. The summed E-state index contributed by atoms with van der Waals surface area (Å²) in [5.41, 5.74) is 3.41. The summed E-state index contributed by atoms with van der Waals surface area (Å²) in [6.45, 7) is 11.6. The van der Waals surface area contributed by atoms with E-state index in [1.165, 1.54) is 31.4 Å². The zero-order valence-corrected chi connectivity index (χ0v) is 16.1. The molecule has 0 atom stereocenters. The van der Waals surface area contributed by atoms with Crippen LogP contribution in [0.1, 0.15) is 57.9 Å². The third-order valence-corrected chi connectivity index (χ3v) is 6.33. The lowest BCUT2D eigenvalue weighted by Gasteiger charge is -2.40. The Kier molecular flexibility index (Phi) is 5.83. The molecule has 0 unspecified atom stereocenters. The summed E-state index contributed by atoms with van der Waals surface area (Å²) in [5, 5.41) is 0. The SMILES string of the molecule is CC(C)(C)C1CCC(c2ccccc2N2CCN(C[C]=O)CC2)CC1. The fraction of sp³-hybridized carbons (Fsp3) is 0.682. The van der Waals surface area contributed by atoms with Crippen molar-refractivity contribution in [2.45, 2.75) is 52.4 Å². The summed E-state index contributed by atoms with van der Waals surface area (Å²) in [4.78, 5) is 15.3. The van der Waals surface area contributed by atoms with E-state index >= 15 is 0 Å². The Balaban J connectivity index is 1.67. The Morgan fingerprint density at radius 3 is 2.24 bits per heavy atom. The Morgan fingerprint density at radius 2 is 1.64 bits per heavy atom. The van der Waals surface area contributed by atoms with Gasteiger partial charge in [-0.2, -0.15) is 0 Å². The number of carbonyl (C=O) groups excluding carboxylic acids is 1. The molecule has 0 aromatic heterocycles. The zero-order valence-electron chi connectivity index (χ0n) is 16.1. The van der Waals surface area contributed by atoms with Crippen LogP contribution in [0.25, 0.3) is 0 Å². The van der Waals surface area contributed by atoms with Gasteiger partial charge in [0.25, 0.3) is 0 Å². The predicted molar refractivity (Wildman–Crippen MR) is 105 cm³/mol. The van der Waals surface area contributed by atoms with E-state index in [0.29, 0.717) is 17.9 Å². The first-order chi connectivity index (χ1) is 12.0. The molecule has 3 rings (SSSR count). The van der Waals surface area contributed by atoms with Crippen LogP contribution in [-0.2, 0) is 4.79 Å². The molecule has 3 heteroatoms. The molecule has 1 saturated heterocycles. The fourth-order valence-electron chi connectivity index (χ4n) is 4.63. The van der Waals surface area contributed by atoms with Crippen LogP contribution < -0.4 is 4.90 Å². The van der Waals surface area contributed by atoms with E-state index < -0.39 is 0 Å². The molecule has 1 aliphatic heterocycles. The summed E-state index contributed by atoms with van der Waals surface area (Å²) in [6, 6.07) is 9.02. The van der Waals surface area contributed by atoms with Crippen molar-refractivity contribution in [2.75, 3.05) is 37.6 Å². The number of rotatable bonds is 4. The van der Waals surface area contributed by atoms with Gasteiger partial charge in [-0.05, 0) is 54.6 Å². The van der Waals surface area contributed by atoms with Gasteiger partial charge in [0.2, 0.25) is 6.29 Å². The number of piperazine rings is 1. The van der Waals surface area contributed by atoms with Gasteiger partial charge in [0.05, 0.1) is 6.54 Å². The minimum Gasteiger partial charge on any atom is -0.369 e. The van der Waals surface area contributed by atoms with E-state index in [2.05, 4.69) is 54.8 Å². The Hall–Kier alpha value is -1.35. The summed E-state index contributed by atoms with van der Waals surface area (Å²) >= 11 is 0. The van der Waals surface area contributed by atoms with E-state index in [9.17, 15) is 4.79 Å². The van der Waals surface area contributed by atoms with Gasteiger partial charge in [0.1, 0.15) is 0 Å². The third-order valence-electron chi connectivity index (χ3n) is 6.33. The lowest BCUT2D eigenvalue weighted by atomic mass is 9.68. The molecule has 2 aliphatic rings. The molecule has 2 fully saturated rings. The van der Waals surface area contributed by atoms with Gasteiger partial charge < -0.3 is 4.90 Å². The van der Waals surface area contributed by atoms with Crippen LogP contribution in [0.2, 0.25) is 0 Å². The Labute approximate surface area is 153 Å². The third kappa shape index (κ3) is 4.44. The molecule has 3 nitrogen and oxygen atoms in total. The highest BCUT2D eigenvalue weighted by Crippen LogP contribution is 2.45. The van der Waals surface area contributed by atoms with Crippen molar-refractivity contribution < 1.29 is 4.79 Å². The van der Waals surface area contributed by atoms with Crippen LogP contribution in [0.3, 0.4) is 0 Å². The maximum absolute atomic E-state index is 10.6. The number of nitrogens with zero attached hydrogens (tertiary/aromatic N) is 2. The highest BCUT2D eigenvalue weighted by atomic mass is 16.1. The maximum atomic E-state index is 10.6. The van der Waals surface area contributed by atoms with Gasteiger partial charge >= 0.3 is 0 Å². The van der Waals surface area contributed by atoms with E-state index in [0.717, 1.165) is 32.1 Å². The molecule has 1 radical (unpaired) electrons. The number of para-hydroxylation sites is 1. The number of hydrogen-bond acceptors (Lipinski definition) is 3. The lowest BCUT2D eigenvalue weighted by molar-refractivity contribution is 0.169. The average Bonchev–Trinajstić information content (AvgIpc) is 2.62. The summed E-state index contributed by atoms with van der Waals surface area (Å²) < 4.78 is 0. The van der Waals surface area contributed by atoms with Crippen LogP contribution in [0.5, 0.6) is 0 Å². The molecule has 0 bridgehead atoms. The molecule has 137 valence electrons. The fourth-order valence-corrected chi connectivity index (χ4v) is 4.63. The molecule has 1 saturated carbocycles. The Morgan fingerprint density at radius 1 is 1.00 bits per heavy atom. The van der Waals surface area contributed by atoms with Gasteiger partial charge in [-0.15, -0.1) is 0 Å². The van der Waals surface area contributed by atoms with Gasteiger partial charge in [-0.1, -0.05) is 39.0 Å². The van der Waals surface area contributed by atoms with E-state index in [1.807, 2.05) is 6.29 Å². The second-order valence-corrected chi connectivity index (χ2v) is 8.88. The summed E-state index contributed by atoms with van der Waals surface area (Å²) in [5.74, 6) is 1.56. The van der Waals surface area contributed by atoms with Crippen molar-refractivity contribution in [1.29, 1.82) is 0 Å². The molecule has 1 aliphatic carbocycles. The van der Waals surface area contributed by atoms with Gasteiger partial charge in [-0.25, -0.2) is 0 Å². The standard InChI is InChI=1S/C22H33N2O/c1-22(2,3)19-10-8-18(9-11-19)20-6-4-5-7-21(20)24-14-12-23(13-15-24)16-17-25/h4-7,18-19H,8-16H2,1-3H3. The van der Waals surface area contributed by atoms with E-state index in [-0.39, 0.29) is 0 Å². The highest BCUT2D eigenvalue weighted by molar-refractivity contribution is 5.56. The first-order valence-electron chi connectivity index (χ1n) is 9.90. The lowest BCUT2D eigenvalue weighted by Crippen LogP contribution is -2.47. The predicted octanol–water partition coefficient (Wildman–Crippen LogP) is 4.24. The van der Waals surface area contributed by atoms with Crippen LogP contribution in [0, 0.1) is 11.3 Å². The van der Waals surface area contributed by atoms with E-state index in [1.54, 1.807) is 5.56 Å². The normalized spacial score (nSPS) is 25.8. The van der Waals surface area contributed by atoms with E-state index in [4.69, 9.17) is 0 Å². The van der Waals surface area contributed by atoms with Crippen molar-refractivity contribution in [3.05, 3.63) is 29.8 Å². The highest BCUT2D eigenvalue weighted by Gasteiger charge is 2.31. The van der Waals surface area contributed by atoms with Crippen molar-refractivity contribution in [3.8, 4) is 0 Å². The molecule has 1 aromatic carbocycles. The number of anilines is 1. The second-order valence-electron chi connectivity index (χ2n) is 8.88. The monoisotopic (exact) mass is 341 g/mol. The molecule has 0 spiro atoms. The van der Waals surface area contributed by atoms with Crippen LogP contribution >= 0.6 is 0 Å². The first-order valence-corrected chi connectivity index (χ1v) is 9.90. The topological polar surface area (TPSA) is 23.6 Å². The molecule has 1 aromatic rings. The van der Waals surface area contributed by atoms with Crippen LogP contribution in [0.15, 0.2) is 24.3 Å². The van der Waals surface area contributed by atoms with Crippen molar-refractivity contribution in [1.82, 2.24) is 4.90 Å². The summed E-state index contributed by atoms with van der Waals surface area (Å²) in [7, 11) is 0. The quantitative estimate of drug-likeness (QED) is 0.818. The second kappa shape index (κ2) is 7.90. The molecule has 0 amide bonds. The number of hydrogen-bond donors (Lipinski definition) is 0. The molecule has 0 N–H and O–H groups in total. The van der Waals surface area contributed by atoms with Crippen molar-refractivity contribution >= 4 is 12.0 Å². The summed E-state index contributed by atoms with van der Waals surface area (Å²) in [6.07, 6.45) is 7.37. The molecule has 1 heterocycles. The first kappa shape index (κ1) is 18.4. The molecule has 25 heavy (non-hydrogen) atoms. The molecular formula is C22H33N2O.